The number of aromatic nitrogens is 5. The summed E-state index contributed by atoms with van der Waals surface area (Å²) in [6, 6.07) is 17.4. The van der Waals surface area contributed by atoms with Crippen LogP contribution in [0.15, 0.2) is 69.5 Å². The first-order chi connectivity index (χ1) is 11.8. The Labute approximate surface area is 151 Å². The SMILES string of the molecule is Clc1ccc(-c2csc(Sc3nnnn3-c3ccccc3)n2)cc1. The van der Waals surface area contributed by atoms with E-state index in [1.54, 1.807) is 16.0 Å². The molecule has 0 aliphatic carbocycles. The molecule has 0 N–H and O–H groups in total. The van der Waals surface area contributed by atoms with E-state index >= 15 is 0 Å². The molecule has 2 heterocycles. The van der Waals surface area contributed by atoms with Gasteiger partial charge in [-0.1, -0.05) is 41.9 Å². The minimum atomic E-state index is 0.679. The molecule has 0 spiro atoms. The highest BCUT2D eigenvalue weighted by molar-refractivity contribution is 8.00. The number of hydrogen-bond acceptors (Lipinski definition) is 6. The monoisotopic (exact) mass is 371 g/mol. The lowest BCUT2D eigenvalue weighted by Crippen LogP contribution is -1.98. The maximum absolute atomic E-state index is 5.93. The molecule has 0 saturated heterocycles. The van der Waals surface area contributed by atoms with Gasteiger partial charge >= 0.3 is 0 Å². The summed E-state index contributed by atoms with van der Waals surface area (Å²) in [4.78, 5) is 4.65. The van der Waals surface area contributed by atoms with Crippen LogP contribution in [0.2, 0.25) is 5.02 Å². The van der Waals surface area contributed by atoms with Crippen LogP contribution in [0.1, 0.15) is 0 Å². The van der Waals surface area contributed by atoms with Gasteiger partial charge in [0.05, 0.1) is 11.4 Å². The third kappa shape index (κ3) is 3.19. The quantitative estimate of drug-likeness (QED) is 0.525. The van der Waals surface area contributed by atoms with Crippen LogP contribution in [0.5, 0.6) is 0 Å². The number of halogens is 1. The molecule has 0 bridgehead atoms. The van der Waals surface area contributed by atoms with Crippen LogP contribution in [0, 0.1) is 0 Å². The molecular formula is C16H10ClN5S2. The molecule has 4 rings (SSSR count). The van der Waals surface area contributed by atoms with Crippen molar-refractivity contribution in [3.8, 4) is 16.9 Å². The highest BCUT2D eigenvalue weighted by Gasteiger charge is 2.13. The summed E-state index contributed by atoms with van der Waals surface area (Å²) in [6.07, 6.45) is 0. The number of benzene rings is 2. The van der Waals surface area contributed by atoms with E-state index in [-0.39, 0.29) is 0 Å². The minimum Gasteiger partial charge on any atom is -0.229 e. The topological polar surface area (TPSA) is 56.5 Å². The molecule has 2 aromatic heterocycles. The molecule has 2 aromatic carbocycles. The van der Waals surface area contributed by atoms with Crippen molar-refractivity contribution in [2.45, 2.75) is 9.50 Å². The van der Waals surface area contributed by atoms with E-state index in [9.17, 15) is 0 Å². The van der Waals surface area contributed by atoms with Gasteiger partial charge < -0.3 is 0 Å². The largest absolute Gasteiger partial charge is 0.229 e. The molecule has 5 nitrogen and oxygen atoms in total. The Kier molecular flexibility index (Phi) is 4.29. The van der Waals surface area contributed by atoms with Gasteiger partial charge in [-0.05, 0) is 46.5 Å². The molecule has 0 unspecified atom stereocenters. The minimum absolute atomic E-state index is 0.679. The summed E-state index contributed by atoms with van der Waals surface area (Å²) in [5.74, 6) is 0. The lowest BCUT2D eigenvalue weighted by atomic mass is 10.2. The number of rotatable bonds is 4. The van der Waals surface area contributed by atoms with Crippen molar-refractivity contribution in [1.29, 1.82) is 0 Å². The van der Waals surface area contributed by atoms with Crippen molar-refractivity contribution in [3.63, 3.8) is 0 Å². The van der Waals surface area contributed by atoms with Crippen molar-refractivity contribution < 1.29 is 0 Å². The fourth-order valence-corrected chi connectivity index (χ4v) is 3.95. The fourth-order valence-electron chi connectivity index (χ4n) is 2.11. The average molecular weight is 372 g/mol. The molecule has 8 heteroatoms. The summed E-state index contributed by atoms with van der Waals surface area (Å²) in [7, 11) is 0. The second-order valence-electron chi connectivity index (χ2n) is 4.82. The van der Waals surface area contributed by atoms with Gasteiger partial charge in [0.15, 0.2) is 4.34 Å². The second kappa shape index (κ2) is 6.72. The van der Waals surface area contributed by atoms with Crippen LogP contribution < -0.4 is 0 Å². The number of thiazole rings is 1. The second-order valence-corrected chi connectivity index (χ2v) is 7.33. The van der Waals surface area contributed by atoms with E-state index in [0.29, 0.717) is 10.2 Å². The lowest BCUT2D eigenvalue weighted by Gasteiger charge is -2.01. The zero-order chi connectivity index (χ0) is 16.4. The number of hydrogen-bond donors (Lipinski definition) is 0. The third-order valence-corrected chi connectivity index (χ3v) is 5.37. The fraction of sp³-hybridized carbons (Fsp3) is 0. The zero-order valence-electron chi connectivity index (χ0n) is 12.2. The predicted molar refractivity (Wildman–Crippen MR) is 95.8 cm³/mol. The van der Waals surface area contributed by atoms with Gasteiger partial charge in [-0.15, -0.1) is 16.4 Å². The Bertz CT molecular complexity index is 950. The van der Waals surface area contributed by atoms with Gasteiger partial charge in [0, 0.05) is 16.0 Å². The Morgan fingerprint density at radius 2 is 1.79 bits per heavy atom. The van der Waals surface area contributed by atoms with E-state index in [1.165, 1.54) is 11.8 Å². The highest BCUT2D eigenvalue weighted by Crippen LogP contribution is 2.32. The summed E-state index contributed by atoms with van der Waals surface area (Å²) in [5, 5.41) is 15.3. The van der Waals surface area contributed by atoms with Crippen LogP contribution in [0.4, 0.5) is 0 Å². The Morgan fingerprint density at radius 1 is 1.00 bits per heavy atom. The summed E-state index contributed by atoms with van der Waals surface area (Å²) < 4.78 is 2.58. The normalized spacial score (nSPS) is 10.9. The Hall–Kier alpha value is -2.22. The summed E-state index contributed by atoms with van der Waals surface area (Å²) in [6.45, 7) is 0. The van der Waals surface area contributed by atoms with Crippen molar-refractivity contribution in [2.24, 2.45) is 0 Å². The standard InChI is InChI=1S/C16H10ClN5S2/c17-12-8-6-11(7-9-12)14-10-23-16(18-14)24-15-19-20-21-22(15)13-4-2-1-3-5-13/h1-10H. The first-order valence-corrected chi connectivity index (χ1v) is 9.10. The number of para-hydroxylation sites is 1. The van der Waals surface area contributed by atoms with E-state index in [4.69, 9.17) is 11.6 Å². The molecule has 0 aliphatic rings. The van der Waals surface area contributed by atoms with Crippen LogP contribution in [-0.4, -0.2) is 25.2 Å². The van der Waals surface area contributed by atoms with Gasteiger partial charge in [0.1, 0.15) is 0 Å². The lowest BCUT2D eigenvalue weighted by molar-refractivity contribution is 0.756. The van der Waals surface area contributed by atoms with Crippen molar-refractivity contribution >= 4 is 34.7 Å². The van der Waals surface area contributed by atoms with E-state index in [2.05, 4.69) is 20.5 Å². The van der Waals surface area contributed by atoms with E-state index in [1.807, 2.05) is 60.0 Å². The molecule has 24 heavy (non-hydrogen) atoms. The molecule has 4 aromatic rings. The number of tetrazole rings is 1. The average Bonchev–Trinajstić information content (AvgIpc) is 3.26. The summed E-state index contributed by atoms with van der Waals surface area (Å²) in [5.41, 5.74) is 2.86. The van der Waals surface area contributed by atoms with E-state index < -0.39 is 0 Å². The number of nitrogens with zero attached hydrogens (tertiary/aromatic N) is 5. The molecule has 0 saturated carbocycles. The first kappa shape index (κ1) is 15.3. The summed E-state index contributed by atoms with van der Waals surface area (Å²) >= 11 is 8.93. The maximum Gasteiger partial charge on any atom is 0.221 e. The molecule has 0 aliphatic heterocycles. The smallest absolute Gasteiger partial charge is 0.221 e. The zero-order valence-corrected chi connectivity index (χ0v) is 14.6. The van der Waals surface area contributed by atoms with E-state index in [0.717, 1.165) is 21.3 Å². The van der Waals surface area contributed by atoms with Gasteiger partial charge in [-0.25, -0.2) is 4.98 Å². The molecule has 0 fully saturated rings. The van der Waals surface area contributed by atoms with Gasteiger partial charge in [-0.2, -0.15) is 4.68 Å². The molecule has 0 amide bonds. The Balaban J connectivity index is 1.59. The van der Waals surface area contributed by atoms with Gasteiger partial charge in [0.2, 0.25) is 5.16 Å². The van der Waals surface area contributed by atoms with Gasteiger partial charge in [0.25, 0.3) is 0 Å². The molecule has 0 radical (unpaired) electrons. The van der Waals surface area contributed by atoms with Crippen molar-refractivity contribution in [1.82, 2.24) is 25.2 Å². The Morgan fingerprint density at radius 3 is 2.58 bits per heavy atom. The van der Waals surface area contributed by atoms with Crippen molar-refractivity contribution in [2.75, 3.05) is 0 Å². The van der Waals surface area contributed by atoms with Crippen LogP contribution >= 0.6 is 34.7 Å². The van der Waals surface area contributed by atoms with Crippen LogP contribution in [0.3, 0.4) is 0 Å². The molecule has 0 atom stereocenters. The molecular weight excluding hydrogens is 362 g/mol. The van der Waals surface area contributed by atoms with Crippen LogP contribution in [0.25, 0.3) is 16.9 Å². The third-order valence-electron chi connectivity index (χ3n) is 3.24. The predicted octanol–water partition coefficient (Wildman–Crippen LogP) is 4.59. The first-order valence-electron chi connectivity index (χ1n) is 7.03. The molecule has 118 valence electrons. The highest BCUT2D eigenvalue weighted by atomic mass is 35.5. The van der Waals surface area contributed by atoms with Crippen molar-refractivity contribution in [3.05, 3.63) is 65.0 Å². The van der Waals surface area contributed by atoms with Crippen LogP contribution in [-0.2, 0) is 0 Å². The van der Waals surface area contributed by atoms with Gasteiger partial charge in [-0.3, -0.25) is 0 Å². The maximum atomic E-state index is 5.93.